The third-order valence-electron chi connectivity index (χ3n) is 11.2. The van der Waals surface area contributed by atoms with Gasteiger partial charge in [-0.1, -0.05) is 189 Å². The SMILES string of the molecule is CC/C=C\C[C@@H](O)/C=C/C=C\C=C\[C@@H](O)C/C=C\C/C=C\CCC(=O)OC[C@H](COP(=O)(O)OC1[C@H](O)[C@H](O)C(O)[C@H](O)[C@H]1O)OC(=O)CCCCCCCCCCCCCCCCCCC. The van der Waals surface area contributed by atoms with Gasteiger partial charge in [-0.05, 0) is 38.5 Å². The van der Waals surface area contributed by atoms with Crippen LogP contribution < -0.4 is 0 Å². The zero-order valence-corrected chi connectivity index (χ0v) is 41.3. The Kier molecular flexibility index (Phi) is 37.1. The Bertz CT molecular complexity index is 1480. The zero-order chi connectivity index (χ0) is 49.5. The Morgan fingerprint density at radius 1 is 0.552 bits per heavy atom. The summed E-state index contributed by atoms with van der Waals surface area (Å²) in [6.45, 7) is 2.97. The van der Waals surface area contributed by atoms with E-state index in [0.717, 1.165) is 32.1 Å². The number of aliphatic hydroxyl groups is 7. The van der Waals surface area contributed by atoms with Gasteiger partial charge in [0.15, 0.2) is 6.10 Å². The highest BCUT2D eigenvalue weighted by atomic mass is 31.2. The highest BCUT2D eigenvalue weighted by Crippen LogP contribution is 2.47. The number of carbonyl (C=O) groups is 2. The first-order valence-electron chi connectivity index (χ1n) is 25.0. The molecule has 0 saturated heterocycles. The molecular formula is C51H87O15P. The first-order valence-corrected chi connectivity index (χ1v) is 26.5. The van der Waals surface area contributed by atoms with Crippen LogP contribution in [0.5, 0.6) is 0 Å². The molecule has 0 aliphatic heterocycles. The molecule has 0 aromatic carbocycles. The summed E-state index contributed by atoms with van der Waals surface area (Å²) < 4.78 is 33.5. The molecule has 10 atom stereocenters. The molecule has 1 saturated carbocycles. The van der Waals surface area contributed by atoms with Crippen LogP contribution in [0.2, 0.25) is 0 Å². The van der Waals surface area contributed by atoms with E-state index in [-0.39, 0.29) is 12.8 Å². The summed E-state index contributed by atoms with van der Waals surface area (Å²) in [5.41, 5.74) is 0. The molecule has 1 fully saturated rings. The molecule has 0 aromatic rings. The van der Waals surface area contributed by atoms with Crippen molar-refractivity contribution < 1.29 is 73.3 Å². The lowest BCUT2D eigenvalue weighted by atomic mass is 9.85. The largest absolute Gasteiger partial charge is 0.472 e. The number of carbonyl (C=O) groups excluding carboxylic acids is 2. The summed E-state index contributed by atoms with van der Waals surface area (Å²) in [6.07, 6.45) is 30.1. The lowest BCUT2D eigenvalue weighted by molar-refractivity contribution is -0.220. The molecule has 0 bridgehead atoms. The molecule has 0 heterocycles. The zero-order valence-electron chi connectivity index (χ0n) is 40.4. The van der Waals surface area contributed by atoms with Crippen molar-refractivity contribution in [1.82, 2.24) is 0 Å². The van der Waals surface area contributed by atoms with E-state index >= 15 is 0 Å². The van der Waals surface area contributed by atoms with Crippen molar-refractivity contribution in [2.45, 2.75) is 223 Å². The van der Waals surface area contributed by atoms with Crippen LogP contribution in [-0.2, 0) is 32.7 Å². The van der Waals surface area contributed by atoms with Crippen LogP contribution in [0.1, 0.15) is 168 Å². The lowest BCUT2D eigenvalue weighted by Crippen LogP contribution is -2.64. The molecule has 1 rings (SSSR count). The Labute approximate surface area is 401 Å². The van der Waals surface area contributed by atoms with Gasteiger partial charge in [0, 0.05) is 12.8 Å². The van der Waals surface area contributed by atoms with Gasteiger partial charge >= 0.3 is 19.8 Å². The Morgan fingerprint density at radius 2 is 1.01 bits per heavy atom. The number of hydrogen-bond donors (Lipinski definition) is 8. The van der Waals surface area contributed by atoms with Gasteiger partial charge in [-0.25, -0.2) is 4.57 Å². The smallest absolute Gasteiger partial charge is 0.462 e. The summed E-state index contributed by atoms with van der Waals surface area (Å²) in [7, 11) is -5.16. The van der Waals surface area contributed by atoms with Gasteiger partial charge in [0.25, 0.3) is 0 Å². The standard InChI is InChI=1S/C51H87O15P/c1-3-5-7-8-9-10-11-12-13-14-15-16-17-18-19-24-32-38-45(55)65-43(40-64-67(61,62)66-51-49(59)47(57)46(56)48(58)50(51)60)39-63-44(54)37-31-23-21-20-22-28-34-42(53)36-30-26-25-29-35-41(52)33-27-6-4-2/h6,21-23,25-30,35-36,41-43,46-53,56-60H,3-5,7-20,24,31-34,37-40H2,1-2H3,(H,61,62)/b23-21-,26-25-,27-6-,28-22-,35-29+,36-30+/t41-,42+,43-,46?,47-,48+,49-,50-,51?/m1/s1. The number of phosphoric ester groups is 1. The Hall–Kier alpha value is -2.79. The summed E-state index contributed by atoms with van der Waals surface area (Å²) in [4.78, 5) is 35.8. The van der Waals surface area contributed by atoms with Gasteiger partial charge in [-0.15, -0.1) is 0 Å². The average molecular weight is 971 g/mol. The molecule has 0 aromatic heterocycles. The monoisotopic (exact) mass is 971 g/mol. The molecule has 0 amide bonds. The second-order valence-electron chi connectivity index (χ2n) is 17.3. The van der Waals surface area contributed by atoms with Crippen molar-refractivity contribution >= 4 is 19.8 Å². The van der Waals surface area contributed by atoms with E-state index in [1.54, 1.807) is 42.5 Å². The van der Waals surface area contributed by atoms with Crippen LogP contribution in [0.25, 0.3) is 0 Å². The molecule has 67 heavy (non-hydrogen) atoms. The molecule has 0 spiro atoms. The summed E-state index contributed by atoms with van der Waals surface area (Å²) >= 11 is 0. The molecule has 1 aliphatic carbocycles. The normalized spacial score (nSPS) is 22.7. The van der Waals surface area contributed by atoms with Gasteiger partial charge in [0.2, 0.25) is 0 Å². The highest BCUT2D eigenvalue weighted by Gasteiger charge is 2.51. The van der Waals surface area contributed by atoms with E-state index in [1.807, 2.05) is 37.3 Å². The maximum Gasteiger partial charge on any atom is 0.472 e. The molecule has 0 radical (unpaired) electrons. The van der Waals surface area contributed by atoms with E-state index in [0.29, 0.717) is 32.1 Å². The lowest BCUT2D eigenvalue weighted by Gasteiger charge is -2.41. The minimum Gasteiger partial charge on any atom is -0.462 e. The predicted octanol–water partition coefficient (Wildman–Crippen LogP) is 8.22. The summed E-state index contributed by atoms with van der Waals surface area (Å²) in [5.74, 6) is -1.27. The van der Waals surface area contributed by atoms with Crippen LogP contribution in [0.3, 0.4) is 0 Å². The summed E-state index contributed by atoms with van der Waals surface area (Å²) in [6, 6.07) is 0. The number of unbranched alkanes of at least 4 members (excludes halogenated alkanes) is 16. The Balaban J connectivity index is 2.52. The third-order valence-corrected chi connectivity index (χ3v) is 12.2. The number of allylic oxidation sites excluding steroid dienone is 8. The minimum atomic E-state index is -5.16. The van der Waals surface area contributed by atoms with Gasteiger partial charge in [0.05, 0.1) is 18.8 Å². The molecule has 1 aliphatic rings. The fourth-order valence-corrected chi connectivity index (χ4v) is 8.17. The van der Waals surface area contributed by atoms with Crippen LogP contribution in [-0.4, -0.2) is 121 Å². The van der Waals surface area contributed by atoms with Crippen molar-refractivity contribution in [3.05, 3.63) is 72.9 Å². The molecular weight excluding hydrogens is 884 g/mol. The number of rotatable bonds is 40. The van der Waals surface area contributed by atoms with Crippen molar-refractivity contribution in [2.75, 3.05) is 13.2 Å². The maximum atomic E-state index is 12.8. The second kappa shape index (κ2) is 40.0. The average Bonchev–Trinajstić information content (AvgIpc) is 3.30. The van der Waals surface area contributed by atoms with E-state index in [9.17, 15) is 54.8 Å². The van der Waals surface area contributed by atoms with Crippen molar-refractivity contribution in [2.24, 2.45) is 0 Å². The quantitative estimate of drug-likeness (QED) is 0.00947. The van der Waals surface area contributed by atoms with E-state index < -0.39 is 87.9 Å². The maximum absolute atomic E-state index is 12.8. The fourth-order valence-electron chi connectivity index (χ4n) is 7.19. The first-order chi connectivity index (χ1) is 32.2. The van der Waals surface area contributed by atoms with E-state index in [4.69, 9.17) is 18.5 Å². The van der Waals surface area contributed by atoms with Crippen molar-refractivity contribution in [3.63, 3.8) is 0 Å². The molecule has 3 unspecified atom stereocenters. The minimum absolute atomic E-state index is 0.0162. The van der Waals surface area contributed by atoms with Gasteiger partial charge in [-0.3, -0.25) is 18.6 Å². The van der Waals surface area contributed by atoms with Crippen LogP contribution in [0.4, 0.5) is 0 Å². The number of phosphoric acid groups is 1. The second-order valence-corrected chi connectivity index (χ2v) is 18.8. The van der Waals surface area contributed by atoms with E-state index in [2.05, 4.69) is 6.92 Å². The van der Waals surface area contributed by atoms with Crippen LogP contribution in [0, 0.1) is 0 Å². The van der Waals surface area contributed by atoms with Crippen LogP contribution >= 0.6 is 7.82 Å². The van der Waals surface area contributed by atoms with Crippen molar-refractivity contribution in [3.8, 4) is 0 Å². The third kappa shape index (κ3) is 32.6. The first kappa shape index (κ1) is 62.2. The number of esters is 2. The van der Waals surface area contributed by atoms with Gasteiger partial charge in [0.1, 0.15) is 43.2 Å². The van der Waals surface area contributed by atoms with E-state index in [1.165, 1.54) is 77.0 Å². The number of aliphatic hydroxyl groups excluding tert-OH is 7. The molecule has 16 heteroatoms. The molecule has 386 valence electrons. The molecule has 8 N–H and O–H groups in total. The number of ether oxygens (including phenoxy) is 2. The number of hydrogen-bond acceptors (Lipinski definition) is 14. The van der Waals surface area contributed by atoms with Crippen molar-refractivity contribution in [1.29, 1.82) is 0 Å². The topological polar surface area (TPSA) is 250 Å². The van der Waals surface area contributed by atoms with Gasteiger partial charge < -0.3 is 50.1 Å². The Morgan fingerprint density at radius 3 is 1.52 bits per heavy atom. The van der Waals surface area contributed by atoms with Crippen LogP contribution in [0.15, 0.2) is 72.9 Å². The predicted molar refractivity (Wildman–Crippen MR) is 261 cm³/mol. The highest BCUT2D eigenvalue weighted by molar-refractivity contribution is 7.47. The molecule has 15 nitrogen and oxygen atoms in total. The fraction of sp³-hybridized carbons (Fsp3) is 0.725. The van der Waals surface area contributed by atoms with Gasteiger partial charge in [-0.2, -0.15) is 0 Å². The summed E-state index contributed by atoms with van der Waals surface area (Å²) in [5, 5.41) is 70.2.